The highest BCUT2D eigenvalue weighted by Crippen LogP contribution is 2.29. The molecule has 0 aliphatic carbocycles. The minimum Gasteiger partial charge on any atom is -0.394 e. The molecule has 1 fully saturated rings. The summed E-state index contributed by atoms with van der Waals surface area (Å²) >= 11 is 0. The molecule has 8 heteroatoms. The Morgan fingerprint density at radius 3 is 2.54 bits per heavy atom. The van der Waals surface area contributed by atoms with Gasteiger partial charge in [-0.25, -0.2) is 9.97 Å². The summed E-state index contributed by atoms with van der Waals surface area (Å²) in [7, 11) is 0. The first-order valence-corrected chi connectivity index (χ1v) is 12.2. The Labute approximate surface area is 205 Å². The molecule has 182 valence electrons. The van der Waals surface area contributed by atoms with E-state index in [1.54, 1.807) is 4.68 Å². The molecule has 0 saturated carbocycles. The first kappa shape index (κ1) is 23.3. The lowest BCUT2D eigenvalue weighted by Gasteiger charge is -2.33. The van der Waals surface area contributed by atoms with Crippen LogP contribution in [0.5, 0.6) is 0 Å². The van der Waals surface area contributed by atoms with Crippen LogP contribution in [-0.4, -0.2) is 50.7 Å². The fourth-order valence-electron chi connectivity index (χ4n) is 4.45. The summed E-state index contributed by atoms with van der Waals surface area (Å²) in [6, 6.07) is 16.4. The van der Waals surface area contributed by atoms with Crippen LogP contribution in [0, 0.1) is 6.92 Å². The van der Waals surface area contributed by atoms with Gasteiger partial charge >= 0.3 is 0 Å². The standard InChI is InChI=1S/C27H32N6O2/c1-20-6-2-3-7-22(20)19-35-23-10-12-32(13-11-23)27-26(30-24-8-4-5-9-25(24)31-27)28-16-21-17-29-33(18-21)14-15-34/h2-9,17-18,23,34H,10-16,19H2,1H3,(H,28,30). The van der Waals surface area contributed by atoms with E-state index >= 15 is 0 Å². The van der Waals surface area contributed by atoms with Gasteiger partial charge in [0.25, 0.3) is 0 Å². The predicted molar refractivity (Wildman–Crippen MR) is 137 cm³/mol. The van der Waals surface area contributed by atoms with Crippen molar-refractivity contribution < 1.29 is 9.84 Å². The first-order valence-electron chi connectivity index (χ1n) is 12.2. The van der Waals surface area contributed by atoms with Crippen LogP contribution >= 0.6 is 0 Å². The number of piperidine rings is 1. The van der Waals surface area contributed by atoms with Crippen molar-refractivity contribution in [2.75, 3.05) is 29.9 Å². The van der Waals surface area contributed by atoms with E-state index in [0.29, 0.717) is 19.7 Å². The number of aromatic nitrogens is 4. The number of aliphatic hydroxyl groups excluding tert-OH is 1. The molecule has 0 bridgehead atoms. The number of fused-ring (bicyclic) bond motifs is 1. The van der Waals surface area contributed by atoms with Crippen LogP contribution in [0.3, 0.4) is 0 Å². The van der Waals surface area contributed by atoms with Crippen molar-refractivity contribution in [3.8, 4) is 0 Å². The molecule has 35 heavy (non-hydrogen) atoms. The Morgan fingerprint density at radius 1 is 1.03 bits per heavy atom. The average molecular weight is 473 g/mol. The van der Waals surface area contributed by atoms with Gasteiger partial charge in [0.1, 0.15) is 0 Å². The van der Waals surface area contributed by atoms with Crippen LogP contribution in [0.1, 0.15) is 29.5 Å². The van der Waals surface area contributed by atoms with Gasteiger partial charge in [-0.05, 0) is 43.0 Å². The smallest absolute Gasteiger partial charge is 0.172 e. The van der Waals surface area contributed by atoms with Crippen LogP contribution in [0.4, 0.5) is 11.6 Å². The second-order valence-corrected chi connectivity index (χ2v) is 9.00. The number of ether oxygens (including phenoxy) is 1. The first-order chi connectivity index (χ1) is 17.2. The van der Waals surface area contributed by atoms with E-state index < -0.39 is 0 Å². The molecule has 0 atom stereocenters. The molecule has 0 spiro atoms. The Hall–Kier alpha value is -3.49. The van der Waals surface area contributed by atoms with Crippen molar-refractivity contribution in [1.29, 1.82) is 0 Å². The fraction of sp³-hybridized carbons (Fsp3) is 0.370. The number of hydrogen-bond acceptors (Lipinski definition) is 7. The normalized spacial score (nSPS) is 14.5. The van der Waals surface area contributed by atoms with Crippen LogP contribution in [0.25, 0.3) is 11.0 Å². The van der Waals surface area contributed by atoms with Gasteiger partial charge in [0.05, 0.1) is 43.1 Å². The molecule has 4 aromatic rings. The topological polar surface area (TPSA) is 88.3 Å². The predicted octanol–water partition coefficient (Wildman–Crippen LogP) is 3.92. The third kappa shape index (κ3) is 5.61. The van der Waals surface area contributed by atoms with Gasteiger partial charge in [0.15, 0.2) is 11.6 Å². The monoisotopic (exact) mass is 472 g/mol. The van der Waals surface area contributed by atoms with Gasteiger partial charge in [-0.3, -0.25) is 4.68 Å². The van der Waals surface area contributed by atoms with E-state index in [2.05, 4.69) is 46.5 Å². The number of benzene rings is 2. The Bertz CT molecular complexity index is 1270. The summed E-state index contributed by atoms with van der Waals surface area (Å²) in [5.74, 6) is 1.65. The van der Waals surface area contributed by atoms with Gasteiger partial charge in [-0.2, -0.15) is 5.10 Å². The average Bonchev–Trinajstić information content (AvgIpc) is 3.34. The summed E-state index contributed by atoms with van der Waals surface area (Å²) in [5, 5.41) is 16.9. The van der Waals surface area contributed by atoms with Crippen LogP contribution < -0.4 is 10.2 Å². The number of aryl methyl sites for hydroxylation is 1. The van der Waals surface area contributed by atoms with Gasteiger partial charge in [-0.1, -0.05) is 36.4 Å². The van der Waals surface area contributed by atoms with Crippen molar-refractivity contribution >= 4 is 22.7 Å². The zero-order valence-electron chi connectivity index (χ0n) is 20.1. The molecule has 2 aromatic heterocycles. The third-order valence-corrected chi connectivity index (χ3v) is 6.51. The summed E-state index contributed by atoms with van der Waals surface area (Å²) in [6.45, 7) is 5.67. The molecular formula is C27H32N6O2. The van der Waals surface area contributed by atoms with Crippen molar-refractivity contribution in [3.63, 3.8) is 0 Å². The maximum atomic E-state index is 9.13. The van der Waals surface area contributed by atoms with E-state index in [1.807, 2.05) is 36.7 Å². The maximum Gasteiger partial charge on any atom is 0.172 e. The SMILES string of the molecule is Cc1ccccc1COC1CCN(c2nc3ccccc3nc2NCc2cnn(CCO)c2)CC1. The molecule has 0 radical (unpaired) electrons. The van der Waals surface area contributed by atoms with Crippen molar-refractivity contribution in [3.05, 3.63) is 77.6 Å². The third-order valence-electron chi connectivity index (χ3n) is 6.51. The summed E-state index contributed by atoms with van der Waals surface area (Å²) in [4.78, 5) is 12.2. The minimum absolute atomic E-state index is 0.0689. The molecule has 8 nitrogen and oxygen atoms in total. The lowest BCUT2D eigenvalue weighted by atomic mass is 10.1. The highest BCUT2D eigenvalue weighted by Gasteiger charge is 2.24. The molecule has 1 aliphatic rings. The number of hydrogen-bond donors (Lipinski definition) is 2. The van der Waals surface area contributed by atoms with Crippen molar-refractivity contribution in [2.45, 2.75) is 45.6 Å². The van der Waals surface area contributed by atoms with E-state index in [9.17, 15) is 0 Å². The molecule has 0 amide bonds. The summed E-state index contributed by atoms with van der Waals surface area (Å²) in [6.07, 6.45) is 5.90. The second kappa shape index (κ2) is 10.8. The zero-order chi connectivity index (χ0) is 24.0. The lowest BCUT2D eigenvalue weighted by Crippen LogP contribution is -2.38. The number of anilines is 2. The van der Waals surface area contributed by atoms with Gasteiger partial charge in [-0.15, -0.1) is 0 Å². The molecule has 2 aromatic carbocycles. The molecule has 1 aliphatic heterocycles. The van der Waals surface area contributed by atoms with Crippen LogP contribution in [0.2, 0.25) is 0 Å². The number of nitrogens with one attached hydrogen (secondary N) is 1. The number of nitrogens with zero attached hydrogens (tertiary/aromatic N) is 5. The Kier molecular flexibility index (Phi) is 7.20. The largest absolute Gasteiger partial charge is 0.394 e. The second-order valence-electron chi connectivity index (χ2n) is 9.00. The van der Waals surface area contributed by atoms with Gasteiger partial charge in [0, 0.05) is 31.4 Å². The lowest BCUT2D eigenvalue weighted by molar-refractivity contribution is 0.0248. The molecular weight excluding hydrogens is 440 g/mol. The Morgan fingerprint density at radius 2 is 1.77 bits per heavy atom. The highest BCUT2D eigenvalue weighted by molar-refractivity contribution is 5.80. The summed E-state index contributed by atoms with van der Waals surface area (Å²) in [5.41, 5.74) is 5.31. The maximum absolute atomic E-state index is 9.13. The zero-order valence-corrected chi connectivity index (χ0v) is 20.1. The van der Waals surface area contributed by atoms with E-state index in [4.69, 9.17) is 19.8 Å². The molecule has 0 unspecified atom stereocenters. The van der Waals surface area contributed by atoms with Gasteiger partial charge < -0.3 is 20.1 Å². The summed E-state index contributed by atoms with van der Waals surface area (Å²) < 4.78 is 8.00. The minimum atomic E-state index is 0.0689. The number of rotatable bonds is 9. The highest BCUT2D eigenvalue weighted by atomic mass is 16.5. The van der Waals surface area contributed by atoms with E-state index in [-0.39, 0.29) is 12.7 Å². The molecule has 3 heterocycles. The number of aliphatic hydroxyl groups is 1. The van der Waals surface area contributed by atoms with Gasteiger partial charge in [0.2, 0.25) is 0 Å². The van der Waals surface area contributed by atoms with E-state index in [0.717, 1.165) is 54.2 Å². The van der Waals surface area contributed by atoms with Crippen LogP contribution in [-0.2, 0) is 24.4 Å². The Balaban J connectivity index is 1.27. The number of para-hydroxylation sites is 2. The quantitative estimate of drug-likeness (QED) is 0.382. The molecule has 1 saturated heterocycles. The van der Waals surface area contributed by atoms with Crippen LogP contribution in [0.15, 0.2) is 60.9 Å². The van der Waals surface area contributed by atoms with Crippen molar-refractivity contribution in [2.24, 2.45) is 0 Å². The fourth-order valence-corrected chi connectivity index (χ4v) is 4.45. The molecule has 2 N–H and O–H groups in total. The van der Waals surface area contributed by atoms with E-state index in [1.165, 1.54) is 11.1 Å². The van der Waals surface area contributed by atoms with Crippen molar-refractivity contribution in [1.82, 2.24) is 19.7 Å². The molecule has 5 rings (SSSR count).